The zero-order chi connectivity index (χ0) is 19.1. The van der Waals surface area contributed by atoms with Crippen molar-refractivity contribution >= 4 is 11.8 Å². The van der Waals surface area contributed by atoms with Crippen molar-refractivity contribution in [1.82, 2.24) is 10.2 Å². The van der Waals surface area contributed by atoms with Gasteiger partial charge in [0.25, 0.3) is 5.22 Å². The molecule has 0 aliphatic heterocycles. The lowest BCUT2D eigenvalue weighted by atomic mass is 9.49. The van der Waals surface area contributed by atoms with Crippen molar-refractivity contribution in [3.05, 3.63) is 18.2 Å². The fraction of sp³-hybridized carbons (Fsp3) is 0.636. The van der Waals surface area contributed by atoms with Crippen molar-refractivity contribution in [2.24, 2.45) is 23.2 Å². The van der Waals surface area contributed by atoms with Gasteiger partial charge < -0.3 is 13.9 Å². The van der Waals surface area contributed by atoms with Gasteiger partial charge in [-0.1, -0.05) is 11.8 Å². The van der Waals surface area contributed by atoms with E-state index in [9.17, 15) is 0 Å². The average molecular weight is 401 g/mol. The highest BCUT2D eigenvalue weighted by Gasteiger charge is 2.50. The van der Waals surface area contributed by atoms with E-state index in [0.717, 1.165) is 29.1 Å². The normalized spacial score (nSPS) is 30.6. The lowest BCUT2D eigenvalue weighted by Gasteiger charge is -2.57. The lowest BCUT2D eigenvalue weighted by Crippen LogP contribution is -2.46. The first-order valence-corrected chi connectivity index (χ1v) is 11.3. The van der Waals surface area contributed by atoms with Crippen LogP contribution in [0.3, 0.4) is 0 Å². The van der Waals surface area contributed by atoms with Crippen molar-refractivity contribution in [3.63, 3.8) is 0 Å². The number of rotatable bonds is 7. The predicted molar refractivity (Wildman–Crippen MR) is 109 cm³/mol. The Balaban J connectivity index is 1.22. The first-order chi connectivity index (χ1) is 13.7. The second-order valence-corrected chi connectivity index (χ2v) is 10.0. The molecule has 1 aromatic carbocycles. The monoisotopic (exact) mass is 400 g/mol. The van der Waals surface area contributed by atoms with Gasteiger partial charge in [-0.2, -0.15) is 0 Å². The molecule has 2 aromatic rings. The number of aromatic nitrogens is 2. The summed E-state index contributed by atoms with van der Waals surface area (Å²) in [5.74, 6) is 5.98. The molecule has 28 heavy (non-hydrogen) atoms. The Morgan fingerprint density at radius 3 is 2.32 bits per heavy atom. The summed E-state index contributed by atoms with van der Waals surface area (Å²) in [5, 5.41) is 9.14. The lowest BCUT2D eigenvalue weighted by molar-refractivity contribution is -0.0538. The third kappa shape index (κ3) is 3.40. The van der Waals surface area contributed by atoms with Crippen LogP contribution in [-0.4, -0.2) is 30.2 Å². The quantitative estimate of drug-likeness (QED) is 0.576. The number of benzene rings is 1. The van der Waals surface area contributed by atoms with Crippen LogP contribution in [-0.2, 0) is 0 Å². The molecule has 6 heteroatoms. The molecule has 0 radical (unpaired) electrons. The molecule has 1 heterocycles. The SMILES string of the molecule is COc1ccc(-c2nnc(SCCC34CC5CC(CC(C5)C3)C4)o2)cc1OC. The van der Waals surface area contributed by atoms with Gasteiger partial charge in [0.1, 0.15) is 0 Å². The topological polar surface area (TPSA) is 57.4 Å². The maximum absolute atomic E-state index is 5.91. The zero-order valence-electron chi connectivity index (χ0n) is 16.6. The van der Waals surface area contributed by atoms with E-state index in [2.05, 4.69) is 10.2 Å². The molecular formula is C22H28N2O3S. The van der Waals surface area contributed by atoms with Crippen molar-refractivity contribution < 1.29 is 13.9 Å². The minimum atomic E-state index is 0.526. The molecule has 150 valence electrons. The molecular weight excluding hydrogens is 372 g/mol. The number of thioether (sulfide) groups is 1. The van der Waals surface area contributed by atoms with Gasteiger partial charge in [0.05, 0.1) is 14.2 Å². The molecule has 4 fully saturated rings. The molecule has 1 aromatic heterocycles. The summed E-state index contributed by atoms with van der Waals surface area (Å²) in [5.41, 5.74) is 1.45. The maximum Gasteiger partial charge on any atom is 0.276 e. The summed E-state index contributed by atoms with van der Waals surface area (Å²) in [6.45, 7) is 0. The van der Waals surface area contributed by atoms with E-state index < -0.39 is 0 Å². The highest BCUT2D eigenvalue weighted by molar-refractivity contribution is 7.99. The first kappa shape index (κ1) is 18.3. The number of nitrogens with zero attached hydrogens (tertiary/aromatic N) is 2. The number of ether oxygens (including phenoxy) is 2. The third-order valence-electron chi connectivity index (χ3n) is 7.06. The molecule has 0 atom stereocenters. The Bertz CT molecular complexity index is 815. The van der Waals surface area contributed by atoms with Crippen LogP contribution in [0.15, 0.2) is 27.8 Å². The van der Waals surface area contributed by atoms with Gasteiger partial charge in [-0.25, -0.2) is 0 Å². The highest BCUT2D eigenvalue weighted by atomic mass is 32.2. The largest absolute Gasteiger partial charge is 0.493 e. The summed E-state index contributed by atoms with van der Waals surface area (Å²) in [6, 6.07) is 5.65. The van der Waals surface area contributed by atoms with Gasteiger partial charge in [0, 0.05) is 11.3 Å². The number of hydrogen-bond acceptors (Lipinski definition) is 6. The molecule has 4 aliphatic rings. The number of methoxy groups -OCH3 is 2. The fourth-order valence-electron chi connectivity index (χ4n) is 6.31. The van der Waals surface area contributed by atoms with Crippen molar-refractivity contribution in [2.45, 2.75) is 50.2 Å². The Labute approximate surface area is 170 Å². The summed E-state index contributed by atoms with van der Waals surface area (Å²) in [7, 11) is 3.25. The Morgan fingerprint density at radius 2 is 1.68 bits per heavy atom. The van der Waals surface area contributed by atoms with Gasteiger partial charge in [-0.3, -0.25) is 0 Å². The summed E-state index contributed by atoms with van der Waals surface area (Å²) in [4.78, 5) is 0. The number of hydrogen-bond donors (Lipinski definition) is 0. The van der Waals surface area contributed by atoms with Crippen LogP contribution in [0.2, 0.25) is 0 Å². The molecule has 0 unspecified atom stereocenters. The summed E-state index contributed by atoms with van der Waals surface area (Å²) < 4.78 is 16.6. The smallest absolute Gasteiger partial charge is 0.276 e. The molecule has 0 saturated heterocycles. The first-order valence-electron chi connectivity index (χ1n) is 10.3. The van der Waals surface area contributed by atoms with E-state index in [1.54, 1.807) is 26.0 Å². The van der Waals surface area contributed by atoms with Crippen LogP contribution in [0.5, 0.6) is 11.5 Å². The minimum absolute atomic E-state index is 0.526. The molecule has 6 rings (SSSR count). The van der Waals surface area contributed by atoms with Gasteiger partial charge in [0.2, 0.25) is 5.89 Å². The molecule has 0 amide bonds. The van der Waals surface area contributed by atoms with E-state index in [0.29, 0.717) is 28.0 Å². The Kier molecular flexibility index (Phi) is 4.77. The second kappa shape index (κ2) is 7.29. The van der Waals surface area contributed by atoms with Crippen LogP contribution in [0.25, 0.3) is 11.5 Å². The molecule has 4 bridgehead atoms. The van der Waals surface area contributed by atoms with E-state index in [4.69, 9.17) is 13.9 Å². The van der Waals surface area contributed by atoms with Crippen LogP contribution in [0.1, 0.15) is 44.9 Å². The predicted octanol–water partition coefficient (Wildman–Crippen LogP) is 5.45. The summed E-state index contributed by atoms with van der Waals surface area (Å²) >= 11 is 1.71. The molecule has 4 saturated carbocycles. The van der Waals surface area contributed by atoms with Gasteiger partial charge in [0.15, 0.2) is 11.5 Å². The Hall–Kier alpha value is -1.69. The van der Waals surface area contributed by atoms with Gasteiger partial charge in [-0.05, 0) is 86.3 Å². The van der Waals surface area contributed by atoms with E-state index in [1.165, 1.54) is 44.9 Å². The molecule has 0 N–H and O–H groups in total. The van der Waals surface area contributed by atoms with Gasteiger partial charge >= 0.3 is 0 Å². The van der Waals surface area contributed by atoms with Crippen LogP contribution in [0, 0.1) is 23.2 Å². The van der Waals surface area contributed by atoms with Crippen molar-refractivity contribution in [3.8, 4) is 23.0 Å². The Morgan fingerprint density at radius 1 is 1.00 bits per heavy atom. The van der Waals surface area contributed by atoms with E-state index in [-0.39, 0.29) is 0 Å². The zero-order valence-corrected chi connectivity index (χ0v) is 17.5. The highest BCUT2D eigenvalue weighted by Crippen LogP contribution is 2.61. The average Bonchev–Trinajstić information content (AvgIpc) is 3.15. The van der Waals surface area contributed by atoms with Crippen LogP contribution in [0.4, 0.5) is 0 Å². The summed E-state index contributed by atoms with van der Waals surface area (Å²) in [6.07, 6.45) is 10.2. The third-order valence-corrected chi connectivity index (χ3v) is 7.88. The van der Waals surface area contributed by atoms with Crippen molar-refractivity contribution in [2.75, 3.05) is 20.0 Å². The fourth-order valence-corrected chi connectivity index (χ4v) is 7.25. The van der Waals surface area contributed by atoms with Gasteiger partial charge in [-0.15, -0.1) is 10.2 Å². The van der Waals surface area contributed by atoms with Crippen LogP contribution < -0.4 is 9.47 Å². The van der Waals surface area contributed by atoms with Crippen molar-refractivity contribution in [1.29, 1.82) is 0 Å². The van der Waals surface area contributed by atoms with E-state index in [1.807, 2.05) is 18.2 Å². The standard InChI is InChI=1S/C22H28N2O3S/c1-25-18-4-3-17(10-19(18)26-2)20-23-24-21(27-20)28-6-5-22-11-14-7-15(12-22)9-16(8-14)13-22/h3-4,10,14-16H,5-9,11-13H2,1-2H3. The maximum atomic E-state index is 5.91. The molecule has 4 aliphatic carbocycles. The molecule has 0 spiro atoms. The minimum Gasteiger partial charge on any atom is -0.493 e. The molecule has 5 nitrogen and oxygen atoms in total. The van der Waals surface area contributed by atoms with Crippen LogP contribution >= 0.6 is 11.8 Å². The van der Waals surface area contributed by atoms with E-state index >= 15 is 0 Å². The second-order valence-electron chi connectivity index (χ2n) is 8.96.